The number of nitrogens with zero attached hydrogens (tertiary/aromatic N) is 1. The Morgan fingerprint density at radius 1 is 1.12 bits per heavy atom. The minimum atomic E-state index is -0.287. The minimum Gasteiger partial charge on any atom is -0.347 e. The first kappa shape index (κ1) is 13.7. The van der Waals surface area contributed by atoms with Gasteiger partial charge in [-0.2, -0.15) is 0 Å². The maximum absolute atomic E-state index is 7.65. The Kier molecular flexibility index (Phi) is 3.60. The number of hydrogen-bond donors (Lipinski definition) is 2. The van der Waals surface area contributed by atoms with Crippen molar-refractivity contribution in [2.45, 2.75) is 40.7 Å². The zero-order valence-electron chi connectivity index (χ0n) is 11.4. The zero-order valence-corrected chi connectivity index (χ0v) is 11.4. The quantitative estimate of drug-likeness (QED) is 0.729. The molecule has 1 aromatic heterocycles. The van der Waals surface area contributed by atoms with Crippen molar-refractivity contribution in [1.82, 2.24) is 4.57 Å². The Labute approximate surface area is 104 Å². The summed E-state index contributed by atoms with van der Waals surface area (Å²) >= 11 is 0. The van der Waals surface area contributed by atoms with E-state index >= 15 is 0 Å². The van der Waals surface area contributed by atoms with Crippen LogP contribution < -0.4 is 0 Å². The molecule has 1 heterocycles. The maximum Gasteiger partial charge on any atom is 0.0533 e. The normalized spacial score (nSPS) is 14.4. The SMILES string of the molecule is Cc1cccn1C(C(C)(C)C=N)C(C)(C)C=N. The third kappa shape index (κ3) is 2.48. The highest BCUT2D eigenvalue weighted by atomic mass is 15.0. The summed E-state index contributed by atoms with van der Waals surface area (Å²) in [4.78, 5) is 0. The van der Waals surface area contributed by atoms with Crippen molar-refractivity contribution < 1.29 is 0 Å². The summed E-state index contributed by atoms with van der Waals surface area (Å²) in [6.07, 6.45) is 5.02. The van der Waals surface area contributed by atoms with Crippen molar-refractivity contribution in [1.29, 1.82) is 10.8 Å². The van der Waals surface area contributed by atoms with Gasteiger partial charge in [-0.25, -0.2) is 0 Å². The average Bonchev–Trinajstić information content (AvgIpc) is 2.64. The fourth-order valence-corrected chi connectivity index (χ4v) is 2.60. The van der Waals surface area contributed by atoms with Crippen molar-refractivity contribution in [3.05, 3.63) is 24.0 Å². The predicted octanol–water partition coefficient (Wildman–Crippen LogP) is 3.69. The number of rotatable bonds is 5. The minimum absolute atomic E-state index is 0.0694. The third-order valence-corrected chi connectivity index (χ3v) is 3.42. The van der Waals surface area contributed by atoms with Gasteiger partial charge in [0.15, 0.2) is 0 Å². The van der Waals surface area contributed by atoms with Gasteiger partial charge in [-0.3, -0.25) is 0 Å². The molecular weight excluding hydrogens is 210 g/mol. The summed E-state index contributed by atoms with van der Waals surface area (Å²) in [5, 5.41) is 15.3. The summed E-state index contributed by atoms with van der Waals surface area (Å²) < 4.78 is 2.18. The molecule has 0 fully saturated rings. The molecule has 0 atom stereocenters. The summed E-state index contributed by atoms with van der Waals surface area (Å²) in [6, 6.07) is 4.15. The molecule has 0 aliphatic heterocycles. The fraction of sp³-hybridized carbons (Fsp3) is 0.571. The van der Waals surface area contributed by atoms with Gasteiger partial charge in [0, 0.05) is 35.1 Å². The first-order chi connectivity index (χ1) is 7.76. The summed E-state index contributed by atoms with van der Waals surface area (Å²) in [7, 11) is 0. The first-order valence-electron chi connectivity index (χ1n) is 5.93. The van der Waals surface area contributed by atoms with E-state index in [0.717, 1.165) is 0 Å². The monoisotopic (exact) mass is 233 g/mol. The van der Waals surface area contributed by atoms with Crippen LogP contribution in [-0.4, -0.2) is 17.0 Å². The van der Waals surface area contributed by atoms with E-state index in [1.807, 2.05) is 12.3 Å². The molecule has 1 rings (SSSR count). The predicted molar refractivity (Wildman–Crippen MR) is 73.3 cm³/mol. The van der Waals surface area contributed by atoms with Crippen molar-refractivity contribution >= 4 is 12.4 Å². The highest BCUT2D eigenvalue weighted by molar-refractivity contribution is 5.68. The average molecular weight is 233 g/mol. The molecule has 0 unspecified atom stereocenters. The van der Waals surface area contributed by atoms with E-state index in [9.17, 15) is 0 Å². The molecule has 0 aliphatic carbocycles. The lowest BCUT2D eigenvalue weighted by Gasteiger charge is -2.42. The van der Waals surface area contributed by atoms with Gasteiger partial charge in [-0.1, -0.05) is 27.7 Å². The number of nitrogens with one attached hydrogen (secondary N) is 2. The van der Waals surface area contributed by atoms with Gasteiger partial charge in [0.25, 0.3) is 0 Å². The Hall–Kier alpha value is -1.38. The van der Waals surface area contributed by atoms with E-state index in [0.29, 0.717) is 0 Å². The molecule has 0 bridgehead atoms. The molecule has 0 amide bonds. The van der Waals surface area contributed by atoms with E-state index < -0.39 is 0 Å². The highest BCUT2D eigenvalue weighted by Crippen LogP contribution is 2.42. The van der Waals surface area contributed by atoms with Gasteiger partial charge < -0.3 is 15.4 Å². The third-order valence-electron chi connectivity index (χ3n) is 3.42. The van der Waals surface area contributed by atoms with Crippen molar-refractivity contribution in [2.75, 3.05) is 0 Å². The van der Waals surface area contributed by atoms with Gasteiger partial charge >= 0.3 is 0 Å². The lowest BCUT2D eigenvalue weighted by Crippen LogP contribution is -2.40. The second kappa shape index (κ2) is 4.47. The highest BCUT2D eigenvalue weighted by Gasteiger charge is 2.40. The van der Waals surface area contributed by atoms with Crippen LogP contribution in [0.4, 0.5) is 0 Å². The molecule has 17 heavy (non-hydrogen) atoms. The van der Waals surface area contributed by atoms with E-state index in [1.54, 1.807) is 0 Å². The van der Waals surface area contributed by atoms with Gasteiger partial charge in [0.05, 0.1) is 6.04 Å². The van der Waals surface area contributed by atoms with Crippen molar-refractivity contribution in [3.8, 4) is 0 Å². The summed E-state index contributed by atoms with van der Waals surface area (Å²) in [5.74, 6) is 0. The van der Waals surface area contributed by atoms with Gasteiger partial charge in [0.2, 0.25) is 0 Å². The van der Waals surface area contributed by atoms with Gasteiger partial charge in [0.1, 0.15) is 0 Å². The van der Waals surface area contributed by atoms with Crippen LogP contribution in [-0.2, 0) is 0 Å². The van der Waals surface area contributed by atoms with Crippen LogP contribution in [0.25, 0.3) is 0 Å². The molecule has 1 aromatic rings. The van der Waals surface area contributed by atoms with Gasteiger partial charge in [-0.15, -0.1) is 0 Å². The number of aromatic nitrogens is 1. The van der Waals surface area contributed by atoms with Crippen molar-refractivity contribution in [2.24, 2.45) is 10.8 Å². The first-order valence-corrected chi connectivity index (χ1v) is 5.93. The molecule has 0 aliphatic rings. The summed E-state index contributed by atoms with van der Waals surface area (Å²) in [5.41, 5.74) is 0.593. The Balaban J connectivity index is 3.36. The Bertz CT molecular complexity index is 393. The van der Waals surface area contributed by atoms with Crippen LogP contribution in [0.2, 0.25) is 0 Å². The number of hydrogen-bond acceptors (Lipinski definition) is 2. The molecule has 0 spiro atoms. The second-order valence-corrected chi connectivity index (χ2v) is 5.89. The van der Waals surface area contributed by atoms with Crippen LogP contribution in [0.3, 0.4) is 0 Å². The lowest BCUT2D eigenvalue weighted by atomic mass is 9.70. The number of aryl methyl sites for hydroxylation is 1. The second-order valence-electron chi connectivity index (χ2n) is 5.89. The molecule has 0 saturated carbocycles. The zero-order chi connectivity index (χ0) is 13.3. The molecular formula is C14H23N3. The van der Waals surface area contributed by atoms with Crippen LogP contribution in [0.5, 0.6) is 0 Å². The van der Waals surface area contributed by atoms with Crippen LogP contribution >= 0.6 is 0 Å². The van der Waals surface area contributed by atoms with Crippen LogP contribution in [0.15, 0.2) is 18.3 Å². The van der Waals surface area contributed by atoms with E-state index in [1.165, 1.54) is 18.1 Å². The lowest BCUT2D eigenvalue weighted by molar-refractivity contribution is 0.195. The van der Waals surface area contributed by atoms with E-state index in [-0.39, 0.29) is 16.9 Å². The fourth-order valence-electron chi connectivity index (χ4n) is 2.60. The smallest absolute Gasteiger partial charge is 0.0533 e. The molecule has 0 aromatic carbocycles. The van der Waals surface area contributed by atoms with Gasteiger partial charge in [-0.05, 0) is 19.1 Å². The summed E-state index contributed by atoms with van der Waals surface area (Å²) in [6.45, 7) is 10.3. The maximum atomic E-state index is 7.65. The molecule has 0 radical (unpaired) electrons. The molecule has 2 N–H and O–H groups in total. The van der Waals surface area contributed by atoms with Crippen LogP contribution in [0, 0.1) is 28.6 Å². The molecule has 0 saturated heterocycles. The topological polar surface area (TPSA) is 52.6 Å². The standard InChI is InChI=1S/C14H23N3/c1-11-7-6-8-17(11)12(13(2,3)9-15)14(4,5)10-16/h6-10,12,15-16H,1-5H3. The molecule has 94 valence electrons. The largest absolute Gasteiger partial charge is 0.347 e. The Morgan fingerprint density at radius 2 is 1.59 bits per heavy atom. The Morgan fingerprint density at radius 3 is 1.88 bits per heavy atom. The molecule has 3 nitrogen and oxygen atoms in total. The van der Waals surface area contributed by atoms with Crippen molar-refractivity contribution in [3.63, 3.8) is 0 Å². The molecule has 3 heteroatoms. The van der Waals surface area contributed by atoms with Crippen LogP contribution in [0.1, 0.15) is 39.4 Å². The van der Waals surface area contributed by atoms with E-state index in [2.05, 4.69) is 45.3 Å². The van der Waals surface area contributed by atoms with E-state index in [4.69, 9.17) is 10.8 Å².